The number of hydrogen-bond donors (Lipinski definition) is 1. The molecule has 2 aromatic carbocycles. The Labute approximate surface area is 320 Å². The van der Waals surface area contributed by atoms with Gasteiger partial charge in [-0.3, -0.25) is 0 Å². The van der Waals surface area contributed by atoms with Crippen LogP contribution in [0.5, 0.6) is 11.5 Å². The zero-order chi connectivity index (χ0) is 39.9. The number of aryl methyl sites for hydroxylation is 2. The summed E-state index contributed by atoms with van der Waals surface area (Å²) in [5.74, 6) is 1.60. The molecular weight excluding hydrogens is 757 g/mol. The summed E-state index contributed by atoms with van der Waals surface area (Å²) in [6.45, 7) is -3.54. The van der Waals surface area contributed by atoms with E-state index < -0.39 is 23.2 Å². The van der Waals surface area contributed by atoms with Crippen LogP contribution in [0.1, 0.15) is 23.0 Å². The van der Waals surface area contributed by atoms with E-state index >= 15 is 0 Å². The molecule has 56 heavy (non-hydrogen) atoms. The summed E-state index contributed by atoms with van der Waals surface area (Å²) in [6, 6.07) is 14.2. The second-order valence-electron chi connectivity index (χ2n) is 13.7. The lowest BCUT2D eigenvalue weighted by Gasteiger charge is -2.37. The lowest BCUT2D eigenvalue weighted by Crippen LogP contribution is -2.47. The molecule has 0 spiro atoms. The van der Waals surface area contributed by atoms with Crippen molar-refractivity contribution in [2.24, 2.45) is 14.1 Å². The van der Waals surface area contributed by atoms with Crippen molar-refractivity contribution in [1.29, 1.82) is 0 Å². The van der Waals surface area contributed by atoms with Crippen molar-refractivity contribution >= 4 is 55.1 Å². The van der Waals surface area contributed by atoms with Crippen LogP contribution in [0.15, 0.2) is 73.6 Å². The summed E-state index contributed by atoms with van der Waals surface area (Å²) in [6.07, 6.45) is 7.83. The lowest BCUT2D eigenvalue weighted by atomic mass is 9.93. The summed E-state index contributed by atoms with van der Waals surface area (Å²) in [5, 5.41) is 3.19. The third kappa shape index (κ3) is 8.05. The van der Waals surface area contributed by atoms with E-state index in [1.54, 1.807) is 79.3 Å². The number of fused-ring (bicyclic) bond motifs is 2. The Morgan fingerprint density at radius 3 is 1.55 bits per heavy atom. The minimum Gasteiger partial charge on any atom is -0.433 e. The van der Waals surface area contributed by atoms with Crippen molar-refractivity contribution in [3.63, 3.8) is 0 Å². The topological polar surface area (TPSA) is 136 Å². The highest BCUT2D eigenvalue weighted by atomic mass is 32.2. The molecule has 2 aliphatic heterocycles. The Morgan fingerprint density at radius 1 is 0.714 bits per heavy atom. The van der Waals surface area contributed by atoms with Crippen LogP contribution in [0.25, 0.3) is 22.1 Å². The third-order valence-corrected chi connectivity index (χ3v) is 11.3. The number of pyridine rings is 2. The molecule has 2 saturated heterocycles. The molecule has 296 valence electrons. The first-order valence-electron chi connectivity index (χ1n) is 17.5. The average Bonchev–Trinajstić information content (AvgIpc) is 3.66. The molecule has 0 unspecified atom stereocenters. The minimum atomic E-state index is -3.25. The lowest BCUT2D eigenvalue weighted by molar-refractivity contribution is -0.0502. The maximum absolute atomic E-state index is 13.1. The van der Waals surface area contributed by atoms with E-state index in [1.807, 2.05) is 41.4 Å². The van der Waals surface area contributed by atoms with E-state index in [2.05, 4.69) is 25.3 Å². The summed E-state index contributed by atoms with van der Waals surface area (Å²) in [4.78, 5) is 20.7. The van der Waals surface area contributed by atoms with E-state index in [0.29, 0.717) is 42.0 Å². The van der Waals surface area contributed by atoms with Gasteiger partial charge in [0.2, 0.25) is 10.0 Å². The summed E-state index contributed by atoms with van der Waals surface area (Å²) < 4.78 is 89.9. The fraction of sp³-hybridized carbons (Fsp3) is 0.351. The smallest absolute Gasteiger partial charge is 0.387 e. The van der Waals surface area contributed by atoms with Crippen LogP contribution < -0.4 is 24.6 Å². The van der Waals surface area contributed by atoms with Crippen molar-refractivity contribution in [3.05, 3.63) is 84.7 Å². The number of alkyl halides is 4. The predicted molar refractivity (Wildman–Crippen MR) is 204 cm³/mol. The maximum atomic E-state index is 13.1. The van der Waals surface area contributed by atoms with Crippen LogP contribution in [0.2, 0.25) is 0 Å². The van der Waals surface area contributed by atoms with Gasteiger partial charge in [-0.2, -0.15) is 17.6 Å². The summed E-state index contributed by atoms with van der Waals surface area (Å²) in [7, 11) is 4.00. The van der Waals surface area contributed by atoms with Crippen molar-refractivity contribution in [3.8, 4) is 11.5 Å². The second-order valence-corrected chi connectivity index (χ2v) is 15.7. The zero-order valence-electron chi connectivity index (χ0n) is 31.1. The van der Waals surface area contributed by atoms with Crippen molar-refractivity contribution in [2.45, 2.75) is 25.1 Å². The van der Waals surface area contributed by atoms with Crippen LogP contribution >= 0.6 is 0 Å². The molecule has 0 amide bonds. The van der Waals surface area contributed by atoms with Crippen molar-refractivity contribution < 1.29 is 35.5 Å². The maximum Gasteiger partial charge on any atom is 0.387 e. The SMILES string of the molecule is CN(c1cc2c(cn1)ncn2C)c1ccc(C2CN(S(C)(=O)=O)C2)cc1OC(F)F.CN(c1cc2c(cn1)ncn2C)c1ccc(C2CNC2)cc1OC(F)F. The van der Waals surface area contributed by atoms with Gasteiger partial charge in [-0.05, 0) is 35.4 Å². The quantitative estimate of drug-likeness (QED) is 0.161. The number of imidazole rings is 2. The van der Waals surface area contributed by atoms with Gasteiger partial charge in [0.1, 0.15) is 34.2 Å². The van der Waals surface area contributed by atoms with Gasteiger partial charge in [0.15, 0.2) is 0 Å². The number of rotatable bonds is 11. The number of nitrogens with one attached hydrogen (secondary N) is 1. The van der Waals surface area contributed by atoms with E-state index in [0.717, 1.165) is 52.5 Å². The molecular formula is C37H40F4N10O4S. The standard InChI is InChI=1S/C19H21F2N5O3S.C18H19F2N5O/c1-24-11-23-14-8-22-18(7-16(14)24)25(2)15-5-4-12(6-17(15)29-19(20)21)13-9-26(10-13)30(3,27)28;1-24-10-23-13-9-22-17(6-15(13)24)25(2)14-4-3-11(12-7-21-8-12)5-16(14)26-18(19)20/h4-8,11,13,19H,9-10H2,1-3H3;3-6,9-10,12,18,21H,7-8H2,1-2H3. The number of hydrogen-bond acceptors (Lipinski definition) is 11. The van der Waals surface area contributed by atoms with Gasteiger partial charge in [0.25, 0.3) is 0 Å². The first kappa shape index (κ1) is 38.7. The molecule has 0 saturated carbocycles. The normalized spacial score (nSPS) is 15.1. The molecule has 14 nitrogen and oxygen atoms in total. The van der Waals surface area contributed by atoms with Gasteiger partial charge in [0.05, 0.1) is 53.7 Å². The molecule has 19 heteroatoms. The average molecular weight is 797 g/mol. The molecule has 0 bridgehead atoms. The Balaban J connectivity index is 0.000000173. The molecule has 6 heterocycles. The highest BCUT2D eigenvalue weighted by Crippen LogP contribution is 2.39. The van der Waals surface area contributed by atoms with Crippen LogP contribution in [0.4, 0.5) is 40.6 Å². The third-order valence-electron chi connectivity index (χ3n) is 10.0. The van der Waals surface area contributed by atoms with Crippen molar-refractivity contribution in [1.82, 2.24) is 38.7 Å². The molecule has 1 N–H and O–H groups in total. The number of nitrogens with zero attached hydrogens (tertiary/aromatic N) is 9. The number of ether oxygens (including phenoxy) is 2. The van der Waals surface area contributed by atoms with Crippen LogP contribution in [0, 0.1) is 0 Å². The number of halogens is 4. The number of aromatic nitrogens is 6. The molecule has 2 aliphatic rings. The fourth-order valence-corrected chi connectivity index (χ4v) is 7.50. The highest BCUT2D eigenvalue weighted by molar-refractivity contribution is 7.88. The monoisotopic (exact) mass is 796 g/mol. The Hall–Kier alpha value is -5.53. The molecule has 0 atom stereocenters. The first-order chi connectivity index (χ1) is 26.7. The van der Waals surface area contributed by atoms with Crippen LogP contribution in [-0.4, -0.2) is 102 Å². The molecule has 8 rings (SSSR count). The van der Waals surface area contributed by atoms with Crippen LogP contribution in [0.3, 0.4) is 0 Å². The zero-order valence-corrected chi connectivity index (χ0v) is 32.0. The van der Waals surface area contributed by atoms with Crippen LogP contribution in [-0.2, 0) is 24.1 Å². The Morgan fingerprint density at radius 2 is 1.16 bits per heavy atom. The highest BCUT2D eigenvalue weighted by Gasteiger charge is 2.35. The van der Waals surface area contributed by atoms with Gasteiger partial charge in [-0.1, -0.05) is 12.1 Å². The molecule has 4 aromatic heterocycles. The minimum absolute atomic E-state index is 0.00899. The molecule has 0 aliphatic carbocycles. The number of sulfonamides is 1. The summed E-state index contributed by atoms with van der Waals surface area (Å²) in [5.41, 5.74) is 5.98. The van der Waals surface area contributed by atoms with Crippen molar-refractivity contribution in [2.75, 3.05) is 56.3 Å². The predicted octanol–water partition coefficient (Wildman–Crippen LogP) is 5.72. The van der Waals surface area contributed by atoms with E-state index in [4.69, 9.17) is 9.47 Å². The summed E-state index contributed by atoms with van der Waals surface area (Å²) >= 11 is 0. The van der Waals surface area contributed by atoms with E-state index in [9.17, 15) is 26.0 Å². The fourth-order valence-electron chi connectivity index (χ4n) is 6.60. The van der Waals surface area contributed by atoms with Gasteiger partial charge in [-0.15, -0.1) is 0 Å². The molecule has 2 fully saturated rings. The number of anilines is 4. The van der Waals surface area contributed by atoms with Gasteiger partial charge < -0.3 is 33.7 Å². The Bertz CT molecular complexity index is 2470. The largest absolute Gasteiger partial charge is 0.433 e. The van der Waals surface area contributed by atoms with Gasteiger partial charge in [0, 0.05) is 78.3 Å². The van der Waals surface area contributed by atoms with E-state index in [1.165, 1.54) is 4.31 Å². The molecule has 6 aromatic rings. The van der Waals surface area contributed by atoms with Gasteiger partial charge in [-0.25, -0.2) is 32.7 Å². The first-order valence-corrected chi connectivity index (χ1v) is 19.4. The second kappa shape index (κ2) is 15.5. The number of benzene rings is 2. The Kier molecular flexibility index (Phi) is 10.8. The van der Waals surface area contributed by atoms with E-state index in [-0.39, 0.29) is 17.4 Å². The molecule has 0 radical (unpaired) electrons. The van der Waals surface area contributed by atoms with Gasteiger partial charge >= 0.3 is 13.2 Å².